The van der Waals surface area contributed by atoms with Crippen LogP contribution in [0.25, 0.3) is 0 Å². The van der Waals surface area contributed by atoms with E-state index in [4.69, 9.17) is 9.47 Å². The Morgan fingerprint density at radius 2 is 1.91 bits per heavy atom. The predicted molar refractivity (Wildman–Crippen MR) is 83.9 cm³/mol. The Balaban J connectivity index is 1.69. The molecule has 0 bridgehead atoms. The summed E-state index contributed by atoms with van der Waals surface area (Å²) in [5, 5.41) is 3.28. The van der Waals surface area contributed by atoms with Gasteiger partial charge in [-0.25, -0.2) is 4.39 Å². The van der Waals surface area contributed by atoms with Crippen LogP contribution in [0.2, 0.25) is 0 Å². The van der Waals surface area contributed by atoms with Crippen molar-refractivity contribution < 1.29 is 18.7 Å². The summed E-state index contributed by atoms with van der Waals surface area (Å²) in [7, 11) is 0. The Morgan fingerprint density at radius 1 is 1.17 bits per heavy atom. The van der Waals surface area contributed by atoms with Gasteiger partial charge in [-0.05, 0) is 37.1 Å². The number of hydrogen-bond acceptors (Lipinski definition) is 4. The monoisotopic (exact) mass is 322 g/mol. The van der Waals surface area contributed by atoms with Crippen LogP contribution in [-0.2, 0) is 9.47 Å². The summed E-state index contributed by atoms with van der Waals surface area (Å²) in [6.07, 6.45) is 2.06. The molecule has 2 unspecified atom stereocenters. The van der Waals surface area contributed by atoms with Crippen molar-refractivity contribution in [2.45, 2.75) is 25.0 Å². The van der Waals surface area contributed by atoms with Gasteiger partial charge in [0.2, 0.25) is 0 Å². The van der Waals surface area contributed by atoms with Crippen LogP contribution in [0.5, 0.6) is 0 Å². The Morgan fingerprint density at radius 3 is 2.57 bits per heavy atom. The second-order valence-corrected chi connectivity index (χ2v) is 6.05. The van der Waals surface area contributed by atoms with Gasteiger partial charge in [-0.2, -0.15) is 0 Å². The van der Waals surface area contributed by atoms with Gasteiger partial charge >= 0.3 is 0 Å². The number of morpholine rings is 1. The van der Waals surface area contributed by atoms with E-state index >= 15 is 0 Å². The van der Waals surface area contributed by atoms with E-state index in [2.05, 4.69) is 5.32 Å². The molecule has 1 aromatic rings. The third-order valence-corrected chi connectivity index (χ3v) is 4.25. The summed E-state index contributed by atoms with van der Waals surface area (Å²) in [5.41, 5.74) is 0.494. The van der Waals surface area contributed by atoms with Crippen LogP contribution in [0.4, 0.5) is 4.39 Å². The molecule has 2 aliphatic heterocycles. The molecule has 6 heteroatoms. The van der Waals surface area contributed by atoms with E-state index < -0.39 is 0 Å². The molecule has 1 aromatic carbocycles. The van der Waals surface area contributed by atoms with Crippen LogP contribution < -0.4 is 5.32 Å². The first-order valence-electron chi connectivity index (χ1n) is 8.21. The second-order valence-electron chi connectivity index (χ2n) is 6.05. The molecule has 0 aliphatic carbocycles. The number of nitrogens with one attached hydrogen (secondary N) is 1. The van der Waals surface area contributed by atoms with Gasteiger partial charge in [-0.15, -0.1) is 0 Å². The number of hydrogen-bond donors (Lipinski definition) is 1. The smallest absolute Gasteiger partial charge is 0.254 e. The molecule has 2 heterocycles. The van der Waals surface area contributed by atoms with E-state index in [1.807, 2.05) is 0 Å². The summed E-state index contributed by atoms with van der Waals surface area (Å²) in [4.78, 5) is 14.6. The highest BCUT2D eigenvalue weighted by atomic mass is 19.1. The third-order valence-electron chi connectivity index (χ3n) is 4.25. The number of halogens is 1. The number of rotatable bonds is 5. The lowest BCUT2D eigenvalue weighted by atomic mass is 10.1. The minimum absolute atomic E-state index is 0.0189. The van der Waals surface area contributed by atoms with Crippen molar-refractivity contribution in [1.29, 1.82) is 0 Å². The molecule has 1 amide bonds. The van der Waals surface area contributed by atoms with Gasteiger partial charge in [0.05, 0.1) is 18.8 Å². The van der Waals surface area contributed by atoms with Crippen molar-refractivity contribution in [1.82, 2.24) is 10.2 Å². The fourth-order valence-corrected chi connectivity index (χ4v) is 3.03. The van der Waals surface area contributed by atoms with E-state index in [0.29, 0.717) is 25.3 Å². The van der Waals surface area contributed by atoms with E-state index in [0.717, 1.165) is 32.5 Å². The zero-order valence-corrected chi connectivity index (χ0v) is 13.2. The zero-order valence-electron chi connectivity index (χ0n) is 13.2. The topological polar surface area (TPSA) is 50.8 Å². The Bertz CT molecular complexity index is 511. The van der Waals surface area contributed by atoms with Gasteiger partial charge in [0, 0.05) is 38.3 Å². The summed E-state index contributed by atoms with van der Waals surface area (Å²) in [5.74, 6) is -0.443. The Hall–Kier alpha value is -1.50. The van der Waals surface area contributed by atoms with Crippen LogP contribution in [-0.4, -0.2) is 62.4 Å². The van der Waals surface area contributed by atoms with Crippen molar-refractivity contribution in [3.63, 3.8) is 0 Å². The average molecular weight is 322 g/mol. The highest BCUT2D eigenvalue weighted by Crippen LogP contribution is 2.16. The molecule has 0 saturated carbocycles. The van der Waals surface area contributed by atoms with Crippen molar-refractivity contribution in [3.8, 4) is 0 Å². The van der Waals surface area contributed by atoms with Crippen LogP contribution in [0, 0.1) is 5.82 Å². The molecule has 126 valence electrons. The number of nitrogens with zero attached hydrogens (tertiary/aromatic N) is 1. The molecular formula is C17H23FN2O3. The first-order valence-corrected chi connectivity index (χ1v) is 8.21. The van der Waals surface area contributed by atoms with Gasteiger partial charge in [0.25, 0.3) is 5.91 Å². The summed E-state index contributed by atoms with van der Waals surface area (Å²) >= 11 is 0. The normalized spacial score (nSPS) is 24.6. The van der Waals surface area contributed by atoms with E-state index in [1.54, 1.807) is 4.90 Å². The largest absolute Gasteiger partial charge is 0.376 e. The van der Waals surface area contributed by atoms with Crippen molar-refractivity contribution >= 4 is 5.91 Å². The molecule has 23 heavy (non-hydrogen) atoms. The fourth-order valence-electron chi connectivity index (χ4n) is 3.03. The molecule has 5 nitrogen and oxygen atoms in total. The molecule has 0 spiro atoms. The van der Waals surface area contributed by atoms with Gasteiger partial charge in [0.1, 0.15) is 5.82 Å². The molecular weight excluding hydrogens is 299 g/mol. The van der Waals surface area contributed by atoms with Crippen molar-refractivity contribution in [2.24, 2.45) is 0 Å². The molecule has 0 aromatic heterocycles. The van der Waals surface area contributed by atoms with E-state index in [9.17, 15) is 9.18 Å². The lowest BCUT2D eigenvalue weighted by molar-refractivity contribution is -0.00359. The number of carbonyl (C=O) groups is 1. The number of amides is 1. The number of ether oxygens (including phenoxy) is 2. The van der Waals surface area contributed by atoms with E-state index in [-0.39, 0.29) is 23.9 Å². The maximum absolute atomic E-state index is 13.1. The highest BCUT2D eigenvalue weighted by molar-refractivity contribution is 5.94. The number of benzene rings is 1. The maximum atomic E-state index is 13.1. The Kier molecular flexibility index (Phi) is 5.59. The second kappa shape index (κ2) is 7.86. The first kappa shape index (κ1) is 16.4. The van der Waals surface area contributed by atoms with Crippen LogP contribution >= 0.6 is 0 Å². The first-order chi connectivity index (χ1) is 11.2. The van der Waals surface area contributed by atoms with Gasteiger partial charge < -0.3 is 19.7 Å². The molecule has 2 saturated heterocycles. The minimum Gasteiger partial charge on any atom is -0.376 e. The third kappa shape index (κ3) is 4.50. The Labute approximate surface area is 135 Å². The summed E-state index contributed by atoms with van der Waals surface area (Å²) in [6, 6.07) is 5.69. The standard InChI is InChI=1S/C17H23FN2O3/c18-14-5-3-13(4-6-14)17(21)20(11-15-2-1-8-22-15)12-16-10-19-7-9-23-16/h3-6,15-16,19H,1-2,7-12H2. The minimum atomic E-state index is -0.341. The average Bonchev–Trinajstić information content (AvgIpc) is 3.08. The molecule has 3 rings (SSSR count). The van der Waals surface area contributed by atoms with Crippen LogP contribution in [0.15, 0.2) is 24.3 Å². The molecule has 2 atom stereocenters. The molecule has 0 radical (unpaired) electrons. The van der Waals surface area contributed by atoms with Gasteiger partial charge in [-0.3, -0.25) is 4.79 Å². The van der Waals surface area contributed by atoms with Crippen molar-refractivity contribution in [3.05, 3.63) is 35.6 Å². The number of carbonyl (C=O) groups excluding carboxylic acids is 1. The van der Waals surface area contributed by atoms with Crippen LogP contribution in [0.1, 0.15) is 23.2 Å². The zero-order chi connectivity index (χ0) is 16.1. The summed E-state index contributed by atoms with van der Waals surface area (Å²) < 4.78 is 24.5. The lowest BCUT2D eigenvalue weighted by Crippen LogP contribution is -2.48. The SMILES string of the molecule is O=C(c1ccc(F)cc1)N(CC1CCCO1)CC1CNCCO1. The maximum Gasteiger partial charge on any atom is 0.254 e. The fraction of sp³-hybridized carbons (Fsp3) is 0.588. The lowest BCUT2D eigenvalue weighted by Gasteiger charge is -2.31. The highest BCUT2D eigenvalue weighted by Gasteiger charge is 2.26. The molecule has 2 fully saturated rings. The molecule has 1 N–H and O–H groups in total. The van der Waals surface area contributed by atoms with Crippen molar-refractivity contribution in [2.75, 3.05) is 39.4 Å². The van der Waals surface area contributed by atoms with Gasteiger partial charge in [0.15, 0.2) is 0 Å². The molecule has 2 aliphatic rings. The predicted octanol–water partition coefficient (Wildman–Crippen LogP) is 1.44. The summed E-state index contributed by atoms with van der Waals surface area (Å²) in [6.45, 7) is 4.06. The van der Waals surface area contributed by atoms with Crippen LogP contribution in [0.3, 0.4) is 0 Å². The quantitative estimate of drug-likeness (QED) is 0.891. The van der Waals surface area contributed by atoms with E-state index in [1.165, 1.54) is 24.3 Å². The van der Waals surface area contributed by atoms with Gasteiger partial charge in [-0.1, -0.05) is 0 Å².